The molecule has 0 spiro atoms. The molecular formula is C16H26BrNS. The molecule has 19 heavy (non-hydrogen) atoms. The number of halogens is 1. The minimum Gasteiger partial charge on any atom is -0.310 e. The van der Waals surface area contributed by atoms with E-state index in [1.54, 1.807) is 0 Å². The summed E-state index contributed by atoms with van der Waals surface area (Å²) >= 11 is 5.51. The molecule has 1 N–H and O–H groups in total. The standard InChI is InChI=1S/C16H26BrNS/c1-5-9-18-15(12-10-14(17)19-11(12)2)13-7-6-8-16(13,3)4/h10,13,15,18H,5-9H2,1-4H3. The summed E-state index contributed by atoms with van der Waals surface area (Å²) in [7, 11) is 0. The van der Waals surface area contributed by atoms with E-state index >= 15 is 0 Å². The maximum atomic E-state index is 3.82. The van der Waals surface area contributed by atoms with Gasteiger partial charge in [-0.3, -0.25) is 0 Å². The summed E-state index contributed by atoms with van der Waals surface area (Å²) in [6.07, 6.45) is 5.31. The normalized spacial score (nSPS) is 23.7. The van der Waals surface area contributed by atoms with Crippen molar-refractivity contribution in [2.45, 2.75) is 59.4 Å². The first-order valence-corrected chi connectivity index (χ1v) is 9.06. The van der Waals surface area contributed by atoms with Crippen LogP contribution in [-0.4, -0.2) is 6.54 Å². The van der Waals surface area contributed by atoms with Crippen LogP contribution in [0.5, 0.6) is 0 Å². The quantitative estimate of drug-likeness (QED) is 0.724. The van der Waals surface area contributed by atoms with Crippen molar-refractivity contribution in [3.8, 4) is 0 Å². The first-order chi connectivity index (χ1) is 8.95. The molecule has 0 saturated heterocycles. The Labute approximate surface area is 130 Å². The van der Waals surface area contributed by atoms with Crippen molar-refractivity contribution >= 4 is 27.3 Å². The molecule has 2 unspecified atom stereocenters. The van der Waals surface area contributed by atoms with Gasteiger partial charge in [-0.25, -0.2) is 0 Å². The summed E-state index contributed by atoms with van der Waals surface area (Å²) in [5, 5.41) is 3.82. The predicted molar refractivity (Wildman–Crippen MR) is 88.9 cm³/mol. The average molecular weight is 344 g/mol. The van der Waals surface area contributed by atoms with Gasteiger partial charge < -0.3 is 5.32 Å². The van der Waals surface area contributed by atoms with E-state index in [2.05, 4.69) is 55.0 Å². The van der Waals surface area contributed by atoms with Crippen molar-refractivity contribution < 1.29 is 0 Å². The Morgan fingerprint density at radius 1 is 1.53 bits per heavy atom. The van der Waals surface area contributed by atoms with Crippen molar-refractivity contribution in [2.75, 3.05) is 6.54 Å². The summed E-state index contributed by atoms with van der Waals surface area (Å²) in [6, 6.07) is 2.86. The molecule has 1 aliphatic carbocycles. The molecule has 1 aromatic heterocycles. The number of thiophene rings is 1. The van der Waals surface area contributed by atoms with Gasteiger partial charge in [0.2, 0.25) is 0 Å². The highest BCUT2D eigenvalue weighted by Gasteiger charge is 2.40. The van der Waals surface area contributed by atoms with Gasteiger partial charge in [-0.05, 0) is 71.6 Å². The molecule has 108 valence electrons. The smallest absolute Gasteiger partial charge is 0.0704 e. The Bertz CT molecular complexity index is 424. The fourth-order valence-electron chi connectivity index (χ4n) is 3.51. The fraction of sp³-hybridized carbons (Fsp3) is 0.750. The first kappa shape index (κ1) is 15.5. The van der Waals surface area contributed by atoms with E-state index < -0.39 is 0 Å². The fourth-order valence-corrected chi connectivity index (χ4v) is 5.26. The molecular weight excluding hydrogens is 318 g/mol. The molecule has 3 heteroatoms. The van der Waals surface area contributed by atoms with Crippen LogP contribution >= 0.6 is 27.3 Å². The summed E-state index contributed by atoms with van der Waals surface area (Å²) in [5.74, 6) is 0.763. The van der Waals surface area contributed by atoms with E-state index in [0.29, 0.717) is 11.5 Å². The largest absolute Gasteiger partial charge is 0.310 e. The molecule has 0 aliphatic heterocycles. The predicted octanol–water partition coefficient (Wildman–Crippen LogP) is 5.69. The van der Waals surface area contributed by atoms with Crippen molar-refractivity contribution in [3.63, 3.8) is 0 Å². The van der Waals surface area contributed by atoms with Crippen LogP contribution in [0.15, 0.2) is 9.85 Å². The lowest BCUT2D eigenvalue weighted by atomic mass is 9.75. The highest BCUT2D eigenvalue weighted by molar-refractivity contribution is 9.11. The molecule has 1 aromatic rings. The molecule has 0 radical (unpaired) electrons. The molecule has 1 fully saturated rings. The number of hydrogen-bond acceptors (Lipinski definition) is 2. The second-order valence-electron chi connectivity index (χ2n) is 6.48. The zero-order valence-electron chi connectivity index (χ0n) is 12.6. The summed E-state index contributed by atoms with van der Waals surface area (Å²) in [5.41, 5.74) is 1.98. The molecule has 1 saturated carbocycles. The Balaban J connectivity index is 2.28. The van der Waals surface area contributed by atoms with E-state index in [-0.39, 0.29) is 0 Å². The summed E-state index contributed by atoms with van der Waals surface area (Å²) < 4.78 is 1.26. The number of aryl methyl sites for hydroxylation is 1. The highest BCUT2D eigenvalue weighted by atomic mass is 79.9. The van der Waals surface area contributed by atoms with E-state index in [1.807, 2.05) is 11.3 Å². The Morgan fingerprint density at radius 3 is 2.74 bits per heavy atom. The minimum absolute atomic E-state index is 0.465. The maximum absolute atomic E-state index is 3.82. The topological polar surface area (TPSA) is 12.0 Å². The lowest BCUT2D eigenvalue weighted by Crippen LogP contribution is -2.34. The number of hydrogen-bond donors (Lipinski definition) is 1. The van der Waals surface area contributed by atoms with Crippen LogP contribution < -0.4 is 5.32 Å². The Hall–Kier alpha value is 0.140. The van der Waals surface area contributed by atoms with E-state index in [0.717, 1.165) is 12.5 Å². The summed E-state index contributed by atoms with van der Waals surface area (Å²) in [4.78, 5) is 1.46. The average Bonchev–Trinajstić information content (AvgIpc) is 2.83. The molecule has 1 aliphatic rings. The molecule has 1 heterocycles. The molecule has 0 aromatic carbocycles. The maximum Gasteiger partial charge on any atom is 0.0704 e. The highest BCUT2D eigenvalue weighted by Crippen LogP contribution is 2.50. The molecule has 2 atom stereocenters. The van der Waals surface area contributed by atoms with Gasteiger partial charge in [0.05, 0.1) is 3.79 Å². The van der Waals surface area contributed by atoms with Gasteiger partial charge in [0.15, 0.2) is 0 Å². The van der Waals surface area contributed by atoms with Crippen LogP contribution in [0, 0.1) is 18.3 Å². The third-order valence-electron chi connectivity index (χ3n) is 4.62. The molecule has 2 rings (SSSR count). The van der Waals surface area contributed by atoms with Crippen molar-refractivity contribution in [3.05, 3.63) is 20.3 Å². The SMILES string of the molecule is CCCNC(c1cc(Br)sc1C)C1CCCC1(C)C. The number of rotatable bonds is 5. The lowest BCUT2D eigenvalue weighted by molar-refractivity contribution is 0.197. The van der Waals surface area contributed by atoms with Gasteiger partial charge in [0.25, 0.3) is 0 Å². The van der Waals surface area contributed by atoms with Gasteiger partial charge in [0, 0.05) is 10.9 Å². The van der Waals surface area contributed by atoms with Gasteiger partial charge in [-0.15, -0.1) is 11.3 Å². The van der Waals surface area contributed by atoms with Crippen molar-refractivity contribution in [1.82, 2.24) is 5.32 Å². The number of nitrogens with one attached hydrogen (secondary N) is 1. The van der Waals surface area contributed by atoms with Crippen LogP contribution in [-0.2, 0) is 0 Å². The Morgan fingerprint density at radius 2 is 2.26 bits per heavy atom. The van der Waals surface area contributed by atoms with Crippen LogP contribution in [0.25, 0.3) is 0 Å². The zero-order valence-corrected chi connectivity index (χ0v) is 15.0. The van der Waals surface area contributed by atoms with Gasteiger partial charge in [-0.2, -0.15) is 0 Å². The first-order valence-electron chi connectivity index (χ1n) is 7.45. The Kier molecular flexibility index (Phi) is 5.13. The summed E-state index contributed by atoms with van der Waals surface area (Å²) in [6.45, 7) is 10.5. The third-order valence-corrected chi connectivity index (χ3v) is 6.19. The van der Waals surface area contributed by atoms with Crippen LogP contribution in [0.4, 0.5) is 0 Å². The zero-order chi connectivity index (χ0) is 14.0. The second-order valence-corrected chi connectivity index (χ2v) is 9.12. The van der Waals surface area contributed by atoms with Gasteiger partial charge in [0.1, 0.15) is 0 Å². The lowest BCUT2D eigenvalue weighted by Gasteiger charge is -2.35. The van der Waals surface area contributed by atoms with Crippen LogP contribution in [0.2, 0.25) is 0 Å². The molecule has 0 bridgehead atoms. The minimum atomic E-state index is 0.465. The van der Waals surface area contributed by atoms with Crippen molar-refractivity contribution in [1.29, 1.82) is 0 Å². The van der Waals surface area contributed by atoms with Gasteiger partial charge >= 0.3 is 0 Å². The second kappa shape index (κ2) is 6.28. The third kappa shape index (κ3) is 3.43. The van der Waals surface area contributed by atoms with E-state index in [1.165, 1.54) is 39.9 Å². The van der Waals surface area contributed by atoms with E-state index in [4.69, 9.17) is 0 Å². The van der Waals surface area contributed by atoms with Crippen LogP contribution in [0.3, 0.4) is 0 Å². The molecule has 0 amide bonds. The molecule has 1 nitrogen and oxygen atoms in total. The van der Waals surface area contributed by atoms with E-state index in [9.17, 15) is 0 Å². The monoisotopic (exact) mass is 343 g/mol. The van der Waals surface area contributed by atoms with Crippen LogP contribution in [0.1, 0.15) is 62.9 Å². The van der Waals surface area contributed by atoms with Crippen molar-refractivity contribution in [2.24, 2.45) is 11.3 Å². The van der Waals surface area contributed by atoms with Gasteiger partial charge in [-0.1, -0.05) is 27.2 Å².